The maximum atomic E-state index is 13.2. The molecule has 0 saturated heterocycles. The lowest BCUT2D eigenvalue weighted by Gasteiger charge is -2.31. The molecule has 0 saturated carbocycles. The lowest BCUT2D eigenvalue weighted by atomic mass is 9.93. The molecule has 21 heavy (non-hydrogen) atoms. The van der Waals surface area contributed by atoms with Gasteiger partial charge in [0.05, 0.1) is 12.1 Å². The number of ether oxygens (including phenoxy) is 2. The summed E-state index contributed by atoms with van der Waals surface area (Å²) in [6.07, 6.45) is 0.290. The predicted octanol–water partition coefficient (Wildman–Crippen LogP) is 4.01. The van der Waals surface area contributed by atoms with Crippen LogP contribution in [0.25, 0.3) is 0 Å². The molecule has 2 N–H and O–H groups in total. The van der Waals surface area contributed by atoms with Gasteiger partial charge in [0.15, 0.2) is 0 Å². The minimum absolute atomic E-state index is 0.161. The van der Waals surface area contributed by atoms with Gasteiger partial charge in [-0.2, -0.15) is 0 Å². The number of benzene rings is 2. The van der Waals surface area contributed by atoms with E-state index in [1.807, 2.05) is 12.1 Å². The van der Waals surface area contributed by atoms with Crippen molar-refractivity contribution < 1.29 is 13.9 Å². The molecule has 5 heteroatoms. The van der Waals surface area contributed by atoms with Crippen molar-refractivity contribution in [2.45, 2.75) is 18.6 Å². The Morgan fingerprint density at radius 1 is 1.24 bits per heavy atom. The molecule has 0 fully saturated rings. The fraction of sp³-hybridized carbons (Fsp3) is 0.250. The van der Waals surface area contributed by atoms with E-state index in [2.05, 4.69) is 0 Å². The summed E-state index contributed by atoms with van der Waals surface area (Å²) in [7, 11) is 1.60. The van der Waals surface area contributed by atoms with Gasteiger partial charge in [-0.1, -0.05) is 23.7 Å². The minimum atomic E-state index is -0.370. The monoisotopic (exact) mass is 307 g/mol. The lowest BCUT2D eigenvalue weighted by Crippen LogP contribution is -2.24. The SMILES string of the molecule is COc1ccc2c(c1)OC(c1ccc(F)cc1Cl)C[C@H]2N. The van der Waals surface area contributed by atoms with Gasteiger partial charge in [0.1, 0.15) is 23.4 Å². The molecule has 1 heterocycles. The van der Waals surface area contributed by atoms with Crippen molar-refractivity contribution >= 4 is 11.6 Å². The Hall–Kier alpha value is -1.78. The van der Waals surface area contributed by atoms with Crippen LogP contribution in [0.2, 0.25) is 5.02 Å². The van der Waals surface area contributed by atoms with Crippen LogP contribution >= 0.6 is 11.6 Å². The largest absolute Gasteiger partial charge is 0.497 e. The molecule has 0 radical (unpaired) electrons. The molecule has 0 aliphatic carbocycles. The van der Waals surface area contributed by atoms with Crippen LogP contribution in [0, 0.1) is 5.82 Å². The van der Waals surface area contributed by atoms with Gasteiger partial charge in [0, 0.05) is 29.7 Å². The predicted molar refractivity (Wildman–Crippen MR) is 79.3 cm³/mol. The number of rotatable bonds is 2. The van der Waals surface area contributed by atoms with E-state index in [4.69, 9.17) is 26.8 Å². The van der Waals surface area contributed by atoms with Crippen LogP contribution in [0.1, 0.15) is 29.7 Å². The third-order valence-electron chi connectivity index (χ3n) is 3.67. The molecule has 0 amide bonds. The van der Waals surface area contributed by atoms with Gasteiger partial charge >= 0.3 is 0 Å². The van der Waals surface area contributed by atoms with Crippen molar-refractivity contribution in [1.29, 1.82) is 0 Å². The highest BCUT2D eigenvalue weighted by atomic mass is 35.5. The zero-order chi connectivity index (χ0) is 15.0. The lowest BCUT2D eigenvalue weighted by molar-refractivity contribution is 0.161. The molecule has 0 bridgehead atoms. The second kappa shape index (κ2) is 5.54. The van der Waals surface area contributed by atoms with Crippen LogP contribution in [-0.4, -0.2) is 7.11 Å². The highest BCUT2D eigenvalue weighted by Crippen LogP contribution is 2.42. The fourth-order valence-electron chi connectivity index (χ4n) is 2.56. The molecular formula is C16H15ClFNO2. The van der Waals surface area contributed by atoms with E-state index >= 15 is 0 Å². The van der Waals surface area contributed by atoms with E-state index in [9.17, 15) is 4.39 Å². The molecular weight excluding hydrogens is 293 g/mol. The summed E-state index contributed by atoms with van der Waals surface area (Å²) in [4.78, 5) is 0. The maximum Gasteiger partial charge on any atom is 0.128 e. The van der Waals surface area contributed by atoms with Gasteiger partial charge in [-0.3, -0.25) is 0 Å². The maximum absolute atomic E-state index is 13.2. The zero-order valence-corrected chi connectivity index (χ0v) is 12.2. The summed E-state index contributed by atoms with van der Waals surface area (Å²) in [5.41, 5.74) is 7.88. The first-order valence-corrected chi connectivity index (χ1v) is 7.01. The van der Waals surface area contributed by atoms with Crippen molar-refractivity contribution in [2.75, 3.05) is 7.11 Å². The van der Waals surface area contributed by atoms with Gasteiger partial charge in [-0.25, -0.2) is 4.39 Å². The van der Waals surface area contributed by atoms with Gasteiger partial charge in [-0.15, -0.1) is 0 Å². The average molecular weight is 308 g/mol. The van der Waals surface area contributed by atoms with Gasteiger partial charge < -0.3 is 15.2 Å². The van der Waals surface area contributed by atoms with Crippen molar-refractivity contribution in [1.82, 2.24) is 0 Å². The highest BCUT2D eigenvalue weighted by molar-refractivity contribution is 6.31. The number of halogens is 2. The van der Waals surface area contributed by atoms with Crippen molar-refractivity contribution in [3.05, 3.63) is 58.4 Å². The second-order valence-electron chi connectivity index (χ2n) is 5.02. The molecule has 3 nitrogen and oxygen atoms in total. The molecule has 2 aromatic carbocycles. The van der Waals surface area contributed by atoms with Crippen molar-refractivity contribution in [3.63, 3.8) is 0 Å². The number of hydrogen-bond acceptors (Lipinski definition) is 3. The Morgan fingerprint density at radius 2 is 2.00 bits per heavy atom. The number of methoxy groups -OCH3 is 1. The van der Waals surface area contributed by atoms with E-state index in [0.717, 1.165) is 11.1 Å². The first-order chi connectivity index (χ1) is 10.1. The smallest absolute Gasteiger partial charge is 0.128 e. The first-order valence-electron chi connectivity index (χ1n) is 6.63. The summed E-state index contributed by atoms with van der Waals surface area (Å²) < 4.78 is 24.3. The summed E-state index contributed by atoms with van der Waals surface area (Å²) >= 11 is 6.11. The Morgan fingerprint density at radius 3 is 2.71 bits per heavy atom. The number of hydrogen-bond donors (Lipinski definition) is 1. The summed E-state index contributed by atoms with van der Waals surface area (Å²) in [5, 5.41) is 0.346. The summed E-state index contributed by atoms with van der Waals surface area (Å²) in [6, 6.07) is 9.70. The van der Waals surface area contributed by atoms with Crippen molar-refractivity contribution in [3.8, 4) is 11.5 Å². The Bertz CT molecular complexity index is 677. The topological polar surface area (TPSA) is 44.5 Å². The Balaban J connectivity index is 1.96. The van der Waals surface area contributed by atoms with Gasteiger partial charge in [0.2, 0.25) is 0 Å². The van der Waals surface area contributed by atoms with E-state index in [0.29, 0.717) is 22.9 Å². The number of fused-ring (bicyclic) bond motifs is 1. The number of nitrogens with two attached hydrogens (primary N) is 1. The second-order valence-corrected chi connectivity index (χ2v) is 5.43. The molecule has 1 aliphatic rings. The summed E-state index contributed by atoms with van der Waals surface area (Å²) in [5.74, 6) is 1.01. The normalized spacial score (nSPS) is 20.6. The quantitative estimate of drug-likeness (QED) is 0.911. The van der Waals surface area contributed by atoms with Crippen LogP contribution in [0.4, 0.5) is 4.39 Å². The van der Waals surface area contributed by atoms with Gasteiger partial charge in [0.25, 0.3) is 0 Å². The first kappa shape index (κ1) is 14.2. The van der Waals surface area contributed by atoms with Crippen molar-refractivity contribution in [2.24, 2.45) is 5.73 Å². The molecule has 0 spiro atoms. The fourth-order valence-corrected chi connectivity index (χ4v) is 2.85. The molecule has 0 aromatic heterocycles. The van der Waals surface area contributed by atoms with Crippen LogP contribution in [-0.2, 0) is 0 Å². The third-order valence-corrected chi connectivity index (χ3v) is 3.99. The Labute approximate surface area is 127 Å². The molecule has 1 unspecified atom stereocenters. The standard InChI is InChI=1S/C16H15ClFNO2/c1-20-10-3-5-12-14(19)8-16(21-15(12)7-10)11-4-2-9(18)6-13(11)17/h2-7,14,16H,8,19H2,1H3/t14-,16?/m1/s1. The third kappa shape index (κ3) is 2.69. The van der Waals surface area contributed by atoms with E-state index in [1.165, 1.54) is 12.1 Å². The van der Waals surface area contributed by atoms with Crippen LogP contribution in [0.15, 0.2) is 36.4 Å². The molecule has 2 aromatic rings. The molecule has 2 atom stereocenters. The zero-order valence-electron chi connectivity index (χ0n) is 11.5. The van der Waals surface area contributed by atoms with E-state index < -0.39 is 0 Å². The Kier molecular flexibility index (Phi) is 3.74. The van der Waals surface area contributed by atoms with Crippen LogP contribution in [0.3, 0.4) is 0 Å². The van der Waals surface area contributed by atoms with Gasteiger partial charge in [-0.05, 0) is 18.2 Å². The average Bonchev–Trinajstić information content (AvgIpc) is 2.46. The summed E-state index contributed by atoms with van der Waals surface area (Å²) in [6.45, 7) is 0. The van der Waals surface area contributed by atoms with Crippen LogP contribution < -0.4 is 15.2 Å². The molecule has 3 rings (SSSR count). The van der Waals surface area contributed by atoms with Crippen LogP contribution in [0.5, 0.6) is 11.5 Å². The van der Waals surface area contributed by atoms with E-state index in [1.54, 1.807) is 19.2 Å². The van der Waals surface area contributed by atoms with E-state index in [-0.39, 0.29) is 18.0 Å². The molecule has 110 valence electrons. The minimum Gasteiger partial charge on any atom is -0.497 e. The highest BCUT2D eigenvalue weighted by Gasteiger charge is 2.28. The molecule has 1 aliphatic heterocycles.